The number of aryl methyl sites for hydroxylation is 2. The molecule has 0 radical (unpaired) electrons. The van der Waals surface area contributed by atoms with Crippen LogP contribution < -0.4 is 5.32 Å². The molecule has 0 bridgehead atoms. The molecule has 1 N–H and O–H groups in total. The summed E-state index contributed by atoms with van der Waals surface area (Å²) in [7, 11) is 0. The third-order valence-electron chi connectivity index (χ3n) is 3.23. The molecule has 4 heteroatoms. The Labute approximate surface area is 118 Å². The van der Waals surface area contributed by atoms with Crippen molar-refractivity contribution in [1.29, 1.82) is 0 Å². The Balaban J connectivity index is 1.97. The molecule has 2 aromatic rings. The Morgan fingerprint density at radius 3 is 2.65 bits per heavy atom. The van der Waals surface area contributed by atoms with Gasteiger partial charge in [-0.15, -0.1) is 0 Å². The highest BCUT2D eigenvalue weighted by Gasteiger charge is 2.10. The maximum Gasteiger partial charge on any atom is 0.274 e. The number of hydrogen-bond acceptors (Lipinski definition) is 3. The van der Waals surface area contributed by atoms with Gasteiger partial charge in [-0.2, -0.15) is 0 Å². The van der Waals surface area contributed by atoms with Crippen molar-refractivity contribution >= 4 is 11.4 Å². The number of nitrogens with zero attached hydrogens (tertiary/aromatic N) is 1. The highest BCUT2D eigenvalue weighted by molar-refractivity contribution is 5.54. The van der Waals surface area contributed by atoms with E-state index in [-0.39, 0.29) is 10.6 Å². The van der Waals surface area contributed by atoms with Crippen molar-refractivity contribution < 1.29 is 4.92 Å². The summed E-state index contributed by atoms with van der Waals surface area (Å²) in [5.74, 6) is 0. The molecular formula is C16H18N2O2. The Bertz CT molecular complexity index is 624. The monoisotopic (exact) mass is 270 g/mol. The lowest BCUT2D eigenvalue weighted by Gasteiger charge is -2.08. The molecule has 2 aromatic carbocycles. The smallest absolute Gasteiger partial charge is 0.274 e. The van der Waals surface area contributed by atoms with Crippen molar-refractivity contribution in [1.82, 2.24) is 0 Å². The minimum Gasteiger partial charge on any atom is -0.385 e. The van der Waals surface area contributed by atoms with Crippen molar-refractivity contribution in [2.75, 3.05) is 11.9 Å². The first kappa shape index (κ1) is 14.1. The zero-order valence-electron chi connectivity index (χ0n) is 11.7. The van der Waals surface area contributed by atoms with E-state index in [1.54, 1.807) is 19.1 Å². The molecule has 0 aliphatic carbocycles. The normalized spacial score (nSPS) is 10.3. The second-order valence-electron chi connectivity index (χ2n) is 4.92. The molecule has 0 aromatic heterocycles. The average molecular weight is 270 g/mol. The van der Waals surface area contributed by atoms with Crippen molar-refractivity contribution in [3.63, 3.8) is 0 Å². The van der Waals surface area contributed by atoms with E-state index < -0.39 is 0 Å². The van der Waals surface area contributed by atoms with Gasteiger partial charge in [-0.3, -0.25) is 10.1 Å². The van der Waals surface area contributed by atoms with Gasteiger partial charge in [0, 0.05) is 23.9 Å². The van der Waals surface area contributed by atoms with E-state index in [4.69, 9.17) is 0 Å². The van der Waals surface area contributed by atoms with Gasteiger partial charge in [0.1, 0.15) is 0 Å². The third-order valence-corrected chi connectivity index (χ3v) is 3.23. The topological polar surface area (TPSA) is 55.2 Å². The fourth-order valence-electron chi connectivity index (χ4n) is 2.13. The van der Waals surface area contributed by atoms with Gasteiger partial charge in [0.05, 0.1) is 4.92 Å². The Morgan fingerprint density at radius 1 is 1.15 bits per heavy atom. The van der Waals surface area contributed by atoms with Crippen LogP contribution in [0.5, 0.6) is 0 Å². The predicted octanol–water partition coefficient (Wildman–Crippen LogP) is 3.87. The van der Waals surface area contributed by atoms with Crippen LogP contribution in [-0.2, 0) is 6.42 Å². The van der Waals surface area contributed by atoms with Crippen LogP contribution in [0.4, 0.5) is 11.4 Å². The molecule has 0 spiro atoms. The van der Waals surface area contributed by atoms with E-state index in [2.05, 4.69) is 30.4 Å². The molecular weight excluding hydrogens is 252 g/mol. The van der Waals surface area contributed by atoms with Crippen LogP contribution in [0.2, 0.25) is 0 Å². The van der Waals surface area contributed by atoms with Gasteiger partial charge in [0.15, 0.2) is 0 Å². The molecule has 0 saturated heterocycles. The first-order valence-electron chi connectivity index (χ1n) is 6.61. The summed E-state index contributed by atoms with van der Waals surface area (Å²) in [6.07, 6.45) is 0.892. The fraction of sp³-hybridized carbons (Fsp3) is 0.250. The first-order valence-corrected chi connectivity index (χ1v) is 6.61. The number of hydrogen-bond donors (Lipinski definition) is 1. The number of rotatable bonds is 5. The molecule has 2 rings (SSSR count). The molecule has 0 saturated carbocycles. The van der Waals surface area contributed by atoms with E-state index in [1.165, 1.54) is 11.1 Å². The van der Waals surface area contributed by atoms with E-state index in [0.29, 0.717) is 5.56 Å². The molecule has 0 atom stereocenters. The minimum absolute atomic E-state index is 0.158. The molecule has 20 heavy (non-hydrogen) atoms. The lowest BCUT2D eigenvalue weighted by Crippen LogP contribution is -2.05. The molecule has 0 unspecified atom stereocenters. The zero-order chi connectivity index (χ0) is 14.5. The molecule has 0 fully saturated rings. The molecule has 0 aliphatic heterocycles. The van der Waals surface area contributed by atoms with Gasteiger partial charge < -0.3 is 5.32 Å². The summed E-state index contributed by atoms with van der Waals surface area (Å²) in [6, 6.07) is 13.6. The lowest BCUT2D eigenvalue weighted by atomic mass is 10.1. The maximum absolute atomic E-state index is 10.9. The van der Waals surface area contributed by atoms with Gasteiger partial charge >= 0.3 is 0 Å². The van der Waals surface area contributed by atoms with Crippen LogP contribution in [0, 0.1) is 24.0 Å². The van der Waals surface area contributed by atoms with Gasteiger partial charge in [-0.1, -0.05) is 35.9 Å². The van der Waals surface area contributed by atoms with Crippen LogP contribution in [0.1, 0.15) is 16.7 Å². The predicted molar refractivity (Wildman–Crippen MR) is 81.2 cm³/mol. The van der Waals surface area contributed by atoms with E-state index in [1.807, 2.05) is 12.1 Å². The second-order valence-corrected chi connectivity index (χ2v) is 4.92. The Kier molecular flexibility index (Phi) is 4.35. The number of anilines is 1. The summed E-state index contributed by atoms with van der Waals surface area (Å²) < 4.78 is 0. The lowest BCUT2D eigenvalue weighted by molar-refractivity contribution is -0.385. The van der Waals surface area contributed by atoms with E-state index >= 15 is 0 Å². The average Bonchev–Trinajstić information content (AvgIpc) is 2.40. The standard InChI is InChI=1S/C16H18N2O2/c1-12-4-3-5-14(10-12)8-9-17-15-7-6-13(2)16(11-15)18(19)20/h3-7,10-11,17H,8-9H2,1-2H3. The maximum atomic E-state index is 10.9. The summed E-state index contributed by atoms with van der Waals surface area (Å²) in [5, 5.41) is 14.1. The van der Waals surface area contributed by atoms with Crippen LogP contribution in [0.3, 0.4) is 0 Å². The molecule has 104 valence electrons. The van der Waals surface area contributed by atoms with Gasteiger partial charge in [0.2, 0.25) is 0 Å². The first-order chi connectivity index (χ1) is 9.56. The van der Waals surface area contributed by atoms with Crippen molar-refractivity contribution in [3.8, 4) is 0 Å². The minimum atomic E-state index is -0.346. The van der Waals surface area contributed by atoms with Crippen LogP contribution >= 0.6 is 0 Å². The van der Waals surface area contributed by atoms with E-state index in [9.17, 15) is 10.1 Å². The summed E-state index contributed by atoms with van der Waals surface area (Å²) >= 11 is 0. The summed E-state index contributed by atoms with van der Waals surface area (Å²) in [5.41, 5.74) is 4.13. The summed E-state index contributed by atoms with van der Waals surface area (Å²) in [4.78, 5) is 10.5. The second kappa shape index (κ2) is 6.19. The Morgan fingerprint density at radius 2 is 1.95 bits per heavy atom. The summed E-state index contributed by atoms with van der Waals surface area (Å²) in [6.45, 7) is 4.57. The molecule has 4 nitrogen and oxygen atoms in total. The quantitative estimate of drug-likeness (QED) is 0.663. The number of benzene rings is 2. The number of nitro groups is 1. The Hall–Kier alpha value is -2.36. The third kappa shape index (κ3) is 3.57. The molecule has 0 aliphatic rings. The largest absolute Gasteiger partial charge is 0.385 e. The van der Waals surface area contributed by atoms with Gasteiger partial charge in [-0.25, -0.2) is 0 Å². The number of nitro benzene ring substituents is 1. The number of nitrogens with one attached hydrogen (secondary N) is 1. The molecule has 0 heterocycles. The van der Waals surface area contributed by atoms with Gasteiger partial charge in [0.25, 0.3) is 5.69 Å². The van der Waals surface area contributed by atoms with Crippen LogP contribution in [-0.4, -0.2) is 11.5 Å². The van der Waals surface area contributed by atoms with Crippen LogP contribution in [0.25, 0.3) is 0 Å². The van der Waals surface area contributed by atoms with Gasteiger partial charge in [-0.05, 0) is 31.9 Å². The molecule has 0 amide bonds. The van der Waals surface area contributed by atoms with Crippen molar-refractivity contribution in [2.45, 2.75) is 20.3 Å². The van der Waals surface area contributed by atoms with E-state index in [0.717, 1.165) is 18.7 Å². The van der Waals surface area contributed by atoms with Crippen molar-refractivity contribution in [2.24, 2.45) is 0 Å². The SMILES string of the molecule is Cc1cccc(CCNc2ccc(C)c([N+](=O)[O-])c2)c1. The fourth-order valence-corrected chi connectivity index (χ4v) is 2.13. The van der Waals surface area contributed by atoms with Crippen molar-refractivity contribution in [3.05, 3.63) is 69.3 Å². The highest BCUT2D eigenvalue weighted by atomic mass is 16.6. The zero-order valence-corrected chi connectivity index (χ0v) is 11.7. The highest BCUT2D eigenvalue weighted by Crippen LogP contribution is 2.22. The van der Waals surface area contributed by atoms with Crippen LogP contribution in [0.15, 0.2) is 42.5 Å².